The molecule has 0 spiro atoms. The highest BCUT2D eigenvalue weighted by Gasteiger charge is 2.33. The van der Waals surface area contributed by atoms with Gasteiger partial charge in [0.2, 0.25) is 0 Å². The Morgan fingerprint density at radius 2 is 2.17 bits per heavy atom. The standard InChI is InChI=1S/C14H18ClNO2/c1-10(9-11-4-6-12(15)7-5-11)16-8-2-3-13(16)14(17)18/h4-7,10,13H,2-3,8-9H2,1H3,(H,17,18). The highest BCUT2D eigenvalue weighted by molar-refractivity contribution is 6.30. The lowest BCUT2D eigenvalue weighted by atomic mass is 10.1. The van der Waals surface area contributed by atoms with Gasteiger partial charge >= 0.3 is 5.97 Å². The normalized spacial score (nSPS) is 22.0. The maximum Gasteiger partial charge on any atom is 0.320 e. The number of halogens is 1. The lowest BCUT2D eigenvalue weighted by Gasteiger charge is -2.28. The number of benzene rings is 1. The van der Waals surface area contributed by atoms with E-state index in [1.54, 1.807) is 0 Å². The molecule has 2 unspecified atom stereocenters. The molecule has 2 atom stereocenters. The van der Waals surface area contributed by atoms with Gasteiger partial charge in [-0.1, -0.05) is 23.7 Å². The van der Waals surface area contributed by atoms with Gasteiger partial charge in [0.1, 0.15) is 6.04 Å². The van der Waals surface area contributed by atoms with Gasteiger partial charge in [-0.15, -0.1) is 0 Å². The Balaban J connectivity index is 2.01. The molecule has 1 aromatic rings. The van der Waals surface area contributed by atoms with Crippen molar-refractivity contribution in [1.29, 1.82) is 0 Å². The monoisotopic (exact) mass is 267 g/mol. The third-order valence-corrected chi connectivity index (χ3v) is 3.84. The maximum atomic E-state index is 11.2. The molecule has 0 radical (unpaired) electrons. The van der Waals surface area contributed by atoms with Crippen LogP contribution in [0.15, 0.2) is 24.3 Å². The average Bonchev–Trinajstić information content (AvgIpc) is 2.81. The molecule has 2 rings (SSSR count). The molecule has 0 aliphatic carbocycles. The van der Waals surface area contributed by atoms with E-state index in [0.717, 1.165) is 30.8 Å². The van der Waals surface area contributed by atoms with Gasteiger partial charge < -0.3 is 5.11 Å². The van der Waals surface area contributed by atoms with Crippen molar-refractivity contribution in [1.82, 2.24) is 4.90 Å². The SMILES string of the molecule is CC(Cc1ccc(Cl)cc1)N1CCCC1C(=O)O. The van der Waals surface area contributed by atoms with Gasteiger partial charge in [-0.05, 0) is 50.4 Å². The number of carboxylic acids is 1. The van der Waals surface area contributed by atoms with Gasteiger partial charge in [0.15, 0.2) is 0 Å². The average molecular weight is 268 g/mol. The predicted molar refractivity (Wildman–Crippen MR) is 72.0 cm³/mol. The summed E-state index contributed by atoms with van der Waals surface area (Å²) in [6, 6.07) is 7.70. The third-order valence-electron chi connectivity index (χ3n) is 3.59. The molecule has 18 heavy (non-hydrogen) atoms. The van der Waals surface area contributed by atoms with E-state index in [1.165, 1.54) is 5.56 Å². The first-order valence-corrected chi connectivity index (χ1v) is 6.68. The molecule has 1 saturated heterocycles. The summed E-state index contributed by atoms with van der Waals surface area (Å²) in [4.78, 5) is 13.2. The van der Waals surface area contributed by atoms with Crippen LogP contribution in [0.3, 0.4) is 0 Å². The van der Waals surface area contributed by atoms with E-state index in [4.69, 9.17) is 11.6 Å². The fourth-order valence-electron chi connectivity index (χ4n) is 2.66. The van der Waals surface area contributed by atoms with Crippen molar-refractivity contribution in [3.8, 4) is 0 Å². The summed E-state index contributed by atoms with van der Waals surface area (Å²) in [6.07, 6.45) is 2.60. The fourth-order valence-corrected chi connectivity index (χ4v) is 2.79. The van der Waals surface area contributed by atoms with Gasteiger partial charge in [-0.25, -0.2) is 0 Å². The maximum absolute atomic E-state index is 11.2. The number of aliphatic carboxylic acids is 1. The molecule has 1 fully saturated rings. The van der Waals surface area contributed by atoms with Gasteiger partial charge in [0.05, 0.1) is 0 Å². The van der Waals surface area contributed by atoms with Crippen LogP contribution in [-0.4, -0.2) is 34.6 Å². The van der Waals surface area contributed by atoms with Crippen molar-refractivity contribution in [2.24, 2.45) is 0 Å². The zero-order valence-corrected chi connectivity index (χ0v) is 11.2. The summed E-state index contributed by atoms with van der Waals surface area (Å²) >= 11 is 5.85. The summed E-state index contributed by atoms with van der Waals surface area (Å²) in [5.41, 5.74) is 1.20. The van der Waals surface area contributed by atoms with Crippen molar-refractivity contribution in [2.45, 2.75) is 38.3 Å². The highest BCUT2D eigenvalue weighted by Crippen LogP contribution is 2.22. The van der Waals surface area contributed by atoms with E-state index >= 15 is 0 Å². The van der Waals surface area contributed by atoms with Crippen LogP contribution in [0.25, 0.3) is 0 Å². The fraction of sp³-hybridized carbons (Fsp3) is 0.500. The van der Waals surface area contributed by atoms with Gasteiger partial charge in [0, 0.05) is 11.1 Å². The Kier molecular flexibility index (Phi) is 4.25. The van der Waals surface area contributed by atoms with Crippen LogP contribution in [0, 0.1) is 0 Å². The lowest BCUT2D eigenvalue weighted by molar-refractivity contribution is -0.142. The molecule has 0 saturated carbocycles. The quantitative estimate of drug-likeness (QED) is 0.912. The Labute approximate surface area is 112 Å². The molecule has 3 nitrogen and oxygen atoms in total. The number of likely N-dealkylation sites (tertiary alicyclic amines) is 1. The number of carboxylic acid groups (broad SMARTS) is 1. The lowest BCUT2D eigenvalue weighted by Crippen LogP contribution is -2.42. The van der Waals surface area contributed by atoms with E-state index in [2.05, 4.69) is 11.8 Å². The Hall–Kier alpha value is -1.06. The minimum Gasteiger partial charge on any atom is -0.480 e. The van der Waals surface area contributed by atoms with Crippen molar-refractivity contribution in [3.63, 3.8) is 0 Å². The smallest absolute Gasteiger partial charge is 0.320 e. The summed E-state index contributed by atoms with van der Waals surface area (Å²) < 4.78 is 0. The highest BCUT2D eigenvalue weighted by atomic mass is 35.5. The largest absolute Gasteiger partial charge is 0.480 e. The second-order valence-corrected chi connectivity index (χ2v) is 5.35. The van der Waals surface area contributed by atoms with Crippen LogP contribution >= 0.6 is 11.6 Å². The molecule has 1 heterocycles. The molecule has 1 aliphatic heterocycles. The Bertz CT molecular complexity index is 418. The molecule has 0 amide bonds. The molecule has 98 valence electrons. The number of rotatable bonds is 4. The molecule has 1 aliphatic rings. The van der Waals surface area contributed by atoms with Crippen LogP contribution in [0.2, 0.25) is 5.02 Å². The van der Waals surface area contributed by atoms with Crippen molar-refractivity contribution >= 4 is 17.6 Å². The minimum atomic E-state index is -0.699. The molecule has 1 N–H and O–H groups in total. The third kappa shape index (κ3) is 3.03. The first kappa shape index (κ1) is 13.4. The second kappa shape index (κ2) is 5.72. The zero-order chi connectivity index (χ0) is 13.1. The van der Waals surface area contributed by atoms with E-state index in [-0.39, 0.29) is 12.1 Å². The number of nitrogens with zero attached hydrogens (tertiary/aromatic N) is 1. The first-order chi connectivity index (χ1) is 8.58. The number of hydrogen-bond acceptors (Lipinski definition) is 2. The second-order valence-electron chi connectivity index (χ2n) is 4.91. The van der Waals surface area contributed by atoms with Gasteiger partial charge in [-0.2, -0.15) is 0 Å². The molecule has 0 bridgehead atoms. The number of carbonyl (C=O) groups is 1. The van der Waals surface area contributed by atoms with Crippen LogP contribution < -0.4 is 0 Å². The Morgan fingerprint density at radius 3 is 2.78 bits per heavy atom. The first-order valence-electron chi connectivity index (χ1n) is 6.31. The van der Waals surface area contributed by atoms with Crippen molar-refractivity contribution < 1.29 is 9.90 Å². The van der Waals surface area contributed by atoms with Crippen LogP contribution in [-0.2, 0) is 11.2 Å². The Morgan fingerprint density at radius 1 is 1.50 bits per heavy atom. The van der Waals surface area contributed by atoms with E-state index in [9.17, 15) is 9.90 Å². The molecule has 1 aromatic carbocycles. The van der Waals surface area contributed by atoms with E-state index < -0.39 is 5.97 Å². The van der Waals surface area contributed by atoms with Crippen LogP contribution in [0.5, 0.6) is 0 Å². The van der Waals surface area contributed by atoms with Crippen LogP contribution in [0.1, 0.15) is 25.3 Å². The molecule has 4 heteroatoms. The van der Waals surface area contributed by atoms with Gasteiger partial charge in [0.25, 0.3) is 0 Å². The molecular formula is C14H18ClNO2. The zero-order valence-electron chi connectivity index (χ0n) is 10.5. The van der Waals surface area contributed by atoms with Gasteiger partial charge in [-0.3, -0.25) is 9.69 Å². The summed E-state index contributed by atoms with van der Waals surface area (Å²) in [6.45, 7) is 2.97. The predicted octanol–water partition coefficient (Wildman–Crippen LogP) is 2.82. The van der Waals surface area contributed by atoms with Crippen LogP contribution in [0.4, 0.5) is 0 Å². The van der Waals surface area contributed by atoms with E-state index in [0.29, 0.717) is 0 Å². The summed E-state index contributed by atoms with van der Waals surface area (Å²) in [7, 11) is 0. The molecular weight excluding hydrogens is 250 g/mol. The van der Waals surface area contributed by atoms with Crippen molar-refractivity contribution in [3.05, 3.63) is 34.9 Å². The summed E-state index contributed by atoms with van der Waals surface area (Å²) in [5.74, 6) is -0.699. The topological polar surface area (TPSA) is 40.5 Å². The molecule has 0 aromatic heterocycles. The number of hydrogen-bond donors (Lipinski definition) is 1. The van der Waals surface area contributed by atoms with Crippen molar-refractivity contribution in [2.75, 3.05) is 6.54 Å². The minimum absolute atomic E-state index is 0.245. The summed E-state index contributed by atoms with van der Waals surface area (Å²) in [5, 5.41) is 9.91. The van der Waals surface area contributed by atoms with E-state index in [1.807, 2.05) is 24.3 Å².